The van der Waals surface area contributed by atoms with Crippen LogP contribution in [0.4, 0.5) is 0 Å². The zero-order valence-electron chi connectivity index (χ0n) is 16.6. The number of halogens is 1. The lowest BCUT2D eigenvalue weighted by atomic mass is 10.0. The molecule has 2 rings (SSSR count). The highest BCUT2D eigenvalue weighted by Gasteiger charge is 2.28. The van der Waals surface area contributed by atoms with E-state index in [-0.39, 0.29) is 29.5 Å². The molecule has 150 valence electrons. The molecule has 7 nitrogen and oxygen atoms in total. The summed E-state index contributed by atoms with van der Waals surface area (Å²) in [5.74, 6) is 1.35. The topological polar surface area (TPSA) is 66.7 Å². The normalized spacial score (nSPS) is 17.5. The maximum absolute atomic E-state index is 5.46. The van der Waals surface area contributed by atoms with Gasteiger partial charge in [-0.3, -0.25) is 14.6 Å². The number of rotatable bonds is 8. The minimum atomic E-state index is 0. The predicted molar refractivity (Wildman–Crippen MR) is 117 cm³/mol. The summed E-state index contributed by atoms with van der Waals surface area (Å²) < 4.78 is 7.43. The Morgan fingerprint density at radius 3 is 2.65 bits per heavy atom. The molecule has 1 atom stereocenters. The number of aromatic nitrogens is 2. The number of nitrogens with zero attached hydrogens (tertiary/aromatic N) is 4. The molecule has 0 spiro atoms. The smallest absolute Gasteiger partial charge is 0.191 e. The third kappa shape index (κ3) is 7.79. The summed E-state index contributed by atoms with van der Waals surface area (Å²) in [6, 6.07) is 1.96. The van der Waals surface area contributed by atoms with E-state index in [0.29, 0.717) is 5.92 Å². The number of aliphatic imine (C=N–C) groups is 1. The van der Waals surface area contributed by atoms with Crippen molar-refractivity contribution in [2.75, 3.05) is 45.9 Å². The molecule has 0 aliphatic carbocycles. The molecule has 0 radical (unpaired) electrons. The third-order valence-corrected chi connectivity index (χ3v) is 4.51. The third-order valence-electron chi connectivity index (χ3n) is 4.51. The molecule has 0 saturated carbocycles. The number of morpholine rings is 1. The minimum Gasteiger partial charge on any atom is -0.379 e. The molecule has 0 amide bonds. The van der Waals surface area contributed by atoms with Crippen LogP contribution in [-0.4, -0.2) is 72.1 Å². The summed E-state index contributed by atoms with van der Waals surface area (Å²) in [6.07, 6.45) is 3.82. The van der Waals surface area contributed by atoms with Crippen LogP contribution < -0.4 is 10.6 Å². The lowest BCUT2D eigenvalue weighted by Gasteiger charge is -2.39. The van der Waals surface area contributed by atoms with Crippen LogP contribution in [0.1, 0.15) is 27.7 Å². The Balaban J connectivity index is 0.00000338. The van der Waals surface area contributed by atoms with Crippen LogP contribution in [0, 0.1) is 5.92 Å². The van der Waals surface area contributed by atoms with Gasteiger partial charge in [-0.1, -0.05) is 6.92 Å². The summed E-state index contributed by atoms with van der Waals surface area (Å²) in [5, 5.41) is 11.1. The largest absolute Gasteiger partial charge is 0.379 e. The van der Waals surface area contributed by atoms with Crippen molar-refractivity contribution in [1.82, 2.24) is 25.3 Å². The van der Waals surface area contributed by atoms with Crippen molar-refractivity contribution in [2.45, 2.75) is 39.8 Å². The molecule has 2 N–H and O–H groups in total. The summed E-state index contributed by atoms with van der Waals surface area (Å²) in [4.78, 5) is 7.28. The zero-order valence-corrected chi connectivity index (χ0v) is 18.9. The molecule has 1 aliphatic heterocycles. The van der Waals surface area contributed by atoms with Crippen molar-refractivity contribution >= 4 is 29.9 Å². The highest BCUT2D eigenvalue weighted by Crippen LogP contribution is 2.16. The van der Waals surface area contributed by atoms with Gasteiger partial charge in [-0.2, -0.15) is 5.10 Å². The number of ether oxygens (including phenoxy) is 1. The van der Waals surface area contributed by atoms with E-state index in [1.165, 1.54) is 0 Å². The van der Waals surface area contributed by atoms with Crippen molar-refractivity contribution in [3.05, 3.63) is 18.5 Å². The Labute approximate surface area is 175 Å². The highest BCUT2D eigenvalue weighted by atomic mass is 127. The minimum absolute atomic E-state index is 0. The van der Waals surface area contributed by atoms with Gasteiger partial charge in [-0.05, 0) is 32.8 Å². The van der Waals surface area contributed by atoms with Crippen molar-refractivity contribution in [1.29, 1.82) is 0 Å². The fourth-order valence-electron chi connectivity index (χ4n) is 2.95. The van der Waals surface area contributed by atoms with Gasteiger partial charge in [0.05, 0.1) is 19.8 Å². The molecule has 8 heteroatoms. The molecule has 0 aromatic carbocycles. The van der Waals surface area contributed by atoms with Crippen LogP contribution in [0.5, 0.6) is 0 Å². The van der Waals surface area contributed by atoms with Crippen molar-refractivity contribution in [3.8, 4) is 0 Å². The Bertz CT molecular complexity index is 514. The van der Waals surface area contributed by atoms with E-state index >= 15 is 0 Å². The fourth-order valence-corrected chi connectivity index (χ4v) is 2.95. The van der Waals surface area contributed by atoms with Gasteiger partial charge in [0.2, 0.25) is 0 Å². The van der Waals surface area contributed by atoms with Gasteiger partial charge in [-0.25, -0.2) is 0 Å². The number of guanidine groups is 1. The van der Waals surface area contributed by atoms with Crippen LogP contribution in [0.3, 0.4) is 0 Å². The van der Waals surface area contributed by atoms with E-state index in [9.17, 15) is 0 Å². The van der Waals surface area contributed by atoms with E-state index in [4.69, 9.17) is 9.73 Å². The molecular weight excluding hydrogens is 443 g/mol. The van der Waals surface area contributed by atoms with Gasteiger partial charge in [-0.15, -0.1) is 24.0 Å². The molecule has 1 aromatic heterocycles. The maximum atomic E-state index is 5.46. The van der Waals surface area contributed by atoms with Gasteiger partial charge in [0.15, 0.2) is 5.96 Å². The fraction of sp³-hybridized carbons (Fsp3) is 0.778. The molecule has 26 heavy (non-hydrogen) atoms. The molecule has 1 unspecified atom stereocenters. The van der Waals surface area contributed by atoms with Gasteiger partial charge in [0, 0.05) is 50.7 Å². The van der Waals surface area contributed by atoms with Crippen LogP contribution in [0.2, 0.25) is 0 Å². The first-order chi connectivity index (χ1) is 12.0. The average molecular weight is 478 g/mol. The van der Waals surface area contributed by atoms with Crippen molar-refractivity contribution < 1.29 is 4.74 Å². The molecule has 1 fully saturated rings. The van der Waals surface area contributed by atoms with Crippen LogP contribution >= 0.6 is 24.0 Å². The molecule has 1 saturated heterocycles. The second-order valence-corrected chi connectivity index (χ2v) is 7.32. The van der Waals surface area contributed by atoms with E-state index < -0.39 is 0 Å². The van der Waals surface area contributed by atoms with Crippen LogP contribution in [-0.2, 0) is 11.3 Å². The Morgan fingerprint density at radius 1 is 1.31 bits per heavy atom. The second-order valence-electron chi connectivity index (χ2n) is 7.32. The Morgan fingerprint density at radius 2 is 2.04 bits per heavy atom. The molecular formula is C18H35IN6O. The summed E-state index contributed by atoms with van der Waals surface area (Å²) in [5.41, 5.74) is 0.0345. The lowest BCUT2D eigenvalue weighted by Crippen LogP contribution is -2.52. The standard InChI is InChI=1S/C18H34N6O.HI/c1-5-19-17(20-13-16(2)14-24-8-6-7-22-24)21-15-18(3,4)23-9-11-25-12-10-23;/h6-8,16H,5,9-15H2,1-4H3,(H2,19,20,21);1H. The van der Waals surface area contributed by atoms with E-state index in [1.54, 1.807) is 0 Å². The first-order valence-electron chi connectivity index (χ1n) is 9.33. The first kappa shape index (κ1) is 23.2. The summed E-state index contributed by atoms with van der Waals surface area (Å²) >= 11 is 0. The van der Waals surface area contributed by atoms with Crippen LogP contribution in [0.25, 0.3) is 0 Å². The Hall–Kier alpha value is -0.870. The van der Waals surface area contributed by atoms with Crippen molar-refractivity contribution in [3.63, 3.8) is 0 Å². The van der Waals surface area contributed by atoms with Gasteiger partial charge < -0.3 is 15.4 Å². The monoisotopic (exact) mass is 478 g/mol. The average Bonchev–Trinajstić information content (AvgIpc) is 3.11. The SMILES string of the molecule is CCNC(=NCC(C)(C)N1CCOCC1)NCC(C)Cn1cccn1.I. The predicted octanol–water partition coefficient (Wildman–Crippen LogP) is 1.80. The van der Waals surface area contributed by atoms with E-state index in [1.807, 2.05) is 23.1 Å². The molecule has 0 bridgehead atoms. The maximum Gasteiger partial charge on any atom is 0.191 e. The van der Waals surface area contributed by atoms with E-state index in [2.05, 4.69) is 48.3 Å². The second kappa shape index (κ2) is 11.8. The highest BCUT2D eigenvalue weighted by molar-refractivity contribution is 14.0. The van der Waals surface area contributed by atoms with Crippen molar-refractivity contribution in [2.24, 2.45) is 10.9 Å². The molecule has 1 aliphatic rings. The lowest BCUT2D eigenvalue weighted by molar-refractivity contribution is -0.00683. The quantitative estimate of drug-likeness (QED) is 0.339. The number of hydrogen-bond donors (Lipinski definition) is 2. The Kier molecular flexibility index (Phi) is 10.5. The molecule has 2 heterocycles. The zero-order chi connectivity index (χ0) is 18.1. The van der Waals surface area contributed by atoms with Gasteiger partial charge in [0.25, 0.3) is 0 Å². The number of nitrogens with one attached hydrogen (secondary N) is 2. The number of hydrogen-bond acceptors (Lipinski definition) is 4. The van der Waals surface area contributed by atoms with Gasteiger partial charge in [0.1, 0.15) is 0 Å². The summed E-state index contributed by atoms with van der Waals surface area (Å²) in [6.45, 7) is 15.8. The molecule has 1 aromatic rings. The summed E-state index contributed by atoms with van der Waals surface area (Å²) in [7, 11) is 0. The van der Waals surface area contributed by atoms with Gasteiger partial charge >= 0.3 is 0 Å². The first-order valence-corrected chi connectivity index (χ1v) is 9.33. The van der Waals surface area contributed by atoms with E-state index in [0.717, 1.165) is 58.4 Å². The van der Waals surface area contributed by atoms with Crippen LogP contribution in [0.15, 0.2) is 23.5 Å².